The minimum absolute atomic E-state index is 0.428. The van der Waals surface area contributed by atoms with Crippen LogP contribution in [0, 0.1) is 0 Å². The van der Waals surface area contributed by atoms with Gasteiger partial charge in [0.05, 0.1) is 19.6 Å². The smallest absolute Gasteiger partial charge is 0.319 e. The van der Waals surface area contributed by atoms with Crippen LogP contribution in [0.3, 0.4) is 0 Å². The van der Waals surface area contributed by atoms with Gasteiger partial charge in [0, 0.05) is 40.7 Å². The number of likely N-dealkylation sites (N-methyl/N-ethyl adjacent to an activating group) is 1. The van der Waals surface area contributed by atoms with Gasteiger partial charge < -0.3 is 10.2 Å². The number of hydrogen-bond donors (Lipinski definition) is 1. The highest BCUT2D eigenvalue weighted by Crippen LogP contribution is 2.24. The van der Waals surface area contributed by atoms with Crippen LogP contribution in [0.25, 0.3) is 0 Å². The fourth-order valence-corrected chi connectivity index (χ4v) is 4.56. The molecule has 0 aliphatic heterocycles. The first kappa shape index (κ1) is 25.1. The SMILES string of the molecule is CC[N+](CCCN(C(N)=O)c1ccccc1)(CCc1ccc(Cl)cc1)Cc1ccccc1Cl. The molecule has 0 fully saturated rings. The molecule has 1 unspecified atom stereocenters. The van der Waals surface area contributed by atoms with Crippen molar-refractivity contribution in [3.8, 4) is 0 Å². The third-order valence-corrected chi connectivity index (χ3v) is 6.89. The summed E-state index contributed by atoms with van der Waals surface area (Å²) in [5.41, 5.74) is 8.93. The van der Waals surface area contributed by atoms with E-state index in [0.29, 0.717) is 6.54 Å². The van der Waals surface area contributed by atoms with Crippen molar-refractivity contribution in [3.63, 3.8) is 0 Å². The van der Waals surface area contributed by atoms with E-state index in [-0.39, 0.29) is 0 Å². The van der Waals surface area contributed by atoms with Gasteiger partial charge in [-0.1, -0.05) is 71.7 Å². The molecular formula is C27H32Cl2N3O+. The van der Waals surface area contributed by atoms with Crippen molar-refractivity contribution >= 4 is 34.9 Å². The summed E-state index contributed by atoms with van der Waals surface area (Å²) < 4.78 is 0.869. The van der Waals surface area contributed by atoms with Gasteiger partial charge in [0.25, 0.3) is 0 Å². The molecule has 33 heavy (non-hydrogen) atoms. The third kappa shape index (κ3) is 7.23. The molecule has 0 aromatic heterocycles. The summed E-state index contributed by atoms with van der Waals surface area (Å²) in [5, 5.41) is 1.54. The number of anilines is 1. The predicted molar refractivity (Wildman–Crippen MR) is 139 cm³/mol. The van der Waals surface area contributed by atoms with Crippen LogP contribution in [0.4, 0.5) is 10.5 Å². The van der Waals surface area contributed by atoms with Crippen molar-refractivity contribution in [1.82, 2.24) is 0 Å². The monoisotopic (exact) mass is 484 g/mol. The summed E-state index contributed by atoms with van der Waals surface area (Å²) >= 11 is 12.6. The molecule has 0 aliphatic carbocycles. The maximum absolute atomic E-state index is 12.1. The topological polar surface area (TPSA) is 46.3 Å². The van der Waals surface area contributed by atoms with E-state index in [0.717, 1.165) is 64.8 Å². The zero-order valence-electron chi connectivity index (χ0n) is 19.1. The van der Waals surface area contributed by atoms with Gasteiger partial charge in [0.1, 0.15) is 6.54 Å². The number of nitrogens with two attached hydrogens (primary N) is 1. The van der Waals surface area contributed by atoms with E-state index in [4.69, 9.17) is 28.9 Å². The summed E-state index contributed by atoms with van der Waals surface area (Å²) in [6, 6.07) is 25.3. The fourth-order valence-electron chi connectivity index (χ4n) is 4.24. The van der Waals surface area contributed by atoms with Gasteiger partial charge in [0.15, 0.2) is 0 Å². The minimum atomic E-state index is -0.428. The van der Waals surface area contributed by atoms with Crippen molar-refractivity contribution < 1.29 is 9.28 Å². The zero-order valence-corrected chi connectivity index (χ0v) is 20.6. The number of primary amides is 1. The molecule has 0 spiro atoms. The van der Waals surface area contributed by atoms with Gasteiger partial charge in [0.2, 0.25) is 0 Å². The van der Waals surface area contributed by atoms with Gasteiger partial charge in [-0.2, -0.15) is 0 Å². The number of hydrogen-bond acceptors (Lipinski definition) is 1. The molecule has 0 bridgehead atoms. The fraction of sp³-hybridized carbons (Fsp3) is 0.296. The Kier molecular flexibility index (Phi) is 9.19. The van der Waals surface area contributed by atoms with Crippen molar-refractivity contribution in [2.75, 3.05) is 31.1 Å². The molecule has 0 heterocycles. The number of amides is 2. The second kappa shape index (κ2) is 12.1. The highest BCUT2D eigenvalue weighted by atomic mass is 35.5. The summed E-state index contributed by atoms with van der Waals surface area (Å²) in [7, 11) is 0. The number of benzene rings is 3. The third-order valence-electron chi connectivity index (χ3n) is 6.27. The molecule has 0 radical (unpaired) electrons. The van der Waals surface area contributed by atoms with Crippen LogP contribution in [-0.2, 0) is 13.0 Å². The van der Waals surface area contributed by atoms with Gasteiger partial charge in [-0.25, -0.2) is 4.79 Å². The van der Waals surface area contributed by atoms with Crippen LogP contribution in [0.15, 0.2) is 78.9 Å². The summed E-state index contributed by atoms with van der Waals surface area (Å²) in [4.78, 5) is 13.8. The molecule has 1 atom stereocenters. The van der Waals surface area contributed by atoms with Crippen LogP contribution in [0.1, 0.15) is 24.5 Å². The number of urea groups is 1. The first-order valence-electron chi connectivity index (χ1n) is 11.4. The highest BCUT2D eigenvalue weighted by molar-refractivity contribution is 6.31. The molecule has 4 nitrogen and oxygen atoms in total. The average Bonchev–Trinajstić information content (AvgIpc) is 2.83. The molecule has 2 N–H and O–H groups in total. The second-order valence-electron chi connectivity index (χ2n) is 8.41. The predicted octanol–water partition coefficient (Wildman–Crippen LogP) is 6.55. The molecule has 2 amide bonds. The minimum Gasteiger partial charge on any atom is -0.351 e. The van der Waals surface area contributed by atoms with E-state index < -0.39 is 6.03 Å². The number of carbonyl (C=O) groups is 1. The van der Waals surface area contributed by atoms with Crippen molar-refractivity contribution in [3.05, 3.63) is 100 Å². The summed E-state index contributed by atoms with van der Waals surface area (Å²) in [5.74, 6) is 0. The maximum Gasteiger partial charge on any atom is 0.319 e. The van der Waals surface area contributed by atoms with Gasteiger partial charge in [-0.05, 0) is 42.8 Å². The van der Waals surface area contributed by atoms with Crippen LogP contribution >= 0.6 is 23.2 Å². The first-order valence-corrected chi connectivity index (χ1v) is 12.1. The quantitative estimate of drug-likeness (QED) is 0.308. The largest absolute Gasteiger partial charge is 0.351 e. The Morgan fingerprint density at radius 1 is 0.909 bits per heavy atom. The van der Waals surface area contributed by atoms with Crippen molar-refractivity contribution in [1.29, 1.82) is 0 Å². The molecular weight excluding hydrogens is 453 g/mol. The zero-order chi connectivity index (χ0) is 23.7. The Morgan fingerprint density at radius 2 is 1.58 bits per heavy atom. The number of nitrogens with zero attached hydrogens (tertiary/aromatic N) is 2. The number of quaternary nitrogens is 1. The molecule has 3 aromatic carbocycles. The first-order chi connectivity index (χ1) is 15.9. The summed E-state index contributed by atoms with van der Waals surface area (Å²) in [6.45, 7) is 6.47. The molecule has 174 valence electrons. The Balaban J connectivity index is 1.76. The Labute approximate surface area is 207 Å². The van der Waals surface area contributed by atoms with Gasteiger partial charge in [-0.3, -0.25) is 4.90 Å². The van der Waals surface area contributed by atoms with Crippen LogP contribution in [0.5, 0.6) is 0 Å². The lowest BCUT2D eigenvalue weighted by Crippen LogP contribution is -2.50. The Morgan fingerprint density at radius 3 is 2.21 bits per heavy atom. The molecule has 0 aliphatic rings. The standard InChI is InChI=1S/C27H31Cl2N3O/c1-2-32(21-23-9-6-7-12-26(23)29,20-17-22-13-15-24(28)16-14-22)19-8-18-31(27(30)33)25-10-4-3-5-11-25/h3-7,9-16H,2,8,17-21H2,1H3,(H-,30,33)/p+1. The van der Waals surface area contributed by atoms with E-state index in [1.54, 1.807) is 4.90 Å². The normalized spacial score (nSPS) is 12.8. The number of para-hydroxylation sites is 1. The number of carbonyl (C=O) groups excluding carboxylic acids is 1. The van der Waals surface area contributed by atoms with E-state index in [9.17, 15) is 4.79 Å². The van der Waals surface area contributed by atoms with Crippen molar-refractivity contribution in [2.45, 2.75) is 26.3 Å². The van der Waals surface area contributed by atoms with Gasteiger partial charge >= 0.3 is 6.03 Å². The summed E-state index contributed by atoms with van der Waals surface area (Å²) in [6.07, 6.45) is 1.77. The lowest BCUT2D eigenvalue weighted by Gasteiger charge is -2.39. The Hall–Kier alpha value is -2.53. The number of halogens is 2. The van der Waals surface area contributed by atoms with E-state index in [1.807, 2.05) is 60.7 Å². The Bertz CT molecular complexity index is 1030. The number of rotatable bonds is 11. The molecule has 0 saturated carbocycles. The van der Waals surface area contributed by atoms with Crippen molar-refractivity contribution in [2.24, 2.45) is 5.73 Å². The van der Waals surface area contributed by atoms with Crippen LogP contribution in [-0.4, -0.2) is 36.7 Å². The van der Waals surface area contributed by atoms with E-state index in [2.05, 4.69) is 25.1 Å². The van der Waals surface area contributed by atoms with E-state index in [1.165, 1.54) is 5.56 Å². The second-order valence-corrected chi connectivity index (χ2v) is 9.25. The molecule has 3 rings (SSSR count). The van der Waals surface area contributed by atoms with Crippen LogP contribution < -0.4 is 10.6 Å². The lowest BCUT2D eigenvalue weighted by atomic mass is 10.1. The maximum atomic E-state index is 12.1. The molecule has 3 aromatic rings. The highest BCUT2D eigenvalue weighted by Gasteiger charge is 2.27. The average molecular weight is 485 g/mol. The van der Waals surface area contributed by atoms with Crippen LogP contribution in [0.2, 0.25) is 10.0 Å². The molecule has 6 heteroatoms. The van der Waals surface area contributed by atoms with E-state index >= 15 is 0 Å². The van der Waals surface area contributed by atoms with Gasteiger partial charge in [-0.15, -0.1) is 0 Å². The lowest BCUT2D eigenvalue weighted by molar-refractivity contribution is -0.939. The molecule has 0 saturated heterocycles.